The number of para-hydroxylation sites is 2. The highest BCUT2D eigenvalue weighted by Crippen LogP contribution is 2.30. The van der Waals surface area contributed by atoms with Gasteiger partial charge in [0, 0.05) is 25.4 Å². The molecule has 1 aromatic carbocycles. The average Bonchev–Trinajstić information content (AvgIpc) is 3.18. The van der Waals surface area contributed by atoms with Crippen LogP contribution in [0.1, 0.15) is 44.8 Å². The number of nitrogens with one attached hydrogen (secondary N) is 2. The molecule has 28 heavy (non-hydrogen) atoms. The number of aryl methyl sites for hydroxylation is 1. The van der Waals surface area contributed by atoms with E-state index in [1.165, 1.54) is 0 Å². The molecule has 3 rings (SSSR count). The van der Waals surface area contributed by atoms with E-state index in [0.717, 1.165) is 49.2 Å². The second-order valence-electron chi connectivity index (χ2n) is 6.95. The molecule has 152 valence electrons. The number of hydrogen-bond donors (Lipinski definition) is 2. The molecule has 2 aromatic rings. The molecule has 0 radical (unpaired) electrons. The van der Waals surface area contributed by atoms with Crippen molar-refractivity contribution in [1.82, 2.24) is 20.8 Å². The van der Waals surface area contributed by atoms with Gasteiger partial charge in [0.1, 0.15) is 6.61 Å². The predicted octanol–water partition coefficient (Wildman–Crippen LogP) is 2.52. The predicted molar refractivity (Wildman–Crippen MR) is 107 cm³/mol. The highest BCUT2D eigenvalue weighted by molar-refractivity contribution is 5.79. The quantitative estimate of drug-likeness (QED) is 0.408. The fourth-order valence-electron chi connectivity index (χ4n) is 2.74. The van der Waals surface area contributed by atoms with Gasteiger partial charge in [0.2, 0.25) is 5.89 Å². The van der Waals surface area contributed by atoms with Crippen LogP contribution in [0.3, 0.4) is 0 Å². The molecular formula is C20H29N5O3. The topological polar surface area (TPSA) is 93.8 Å². The summed E-state index contributed by atoms with van der Waals surface area (Å²) in [5.74, 6) is 4.04. The standard InChI is InChI=1S/C20H29N5O3/c1-4-21-20(22-11-7-10-18-24-19(14(2)3)25-28-18)23-12-15-13-26-16-8-5-6-9-17(16)27-15/h5-6,8-9,14-15H,4,7,10-13H2,1-3H3,(H2,21,22,23). The number of benzene rings is 1. The number of aliphatic imine (C=N–C) groups is 1. The van der Waals surface area contributed by atoms with Gasteiger partial charge in [-0.25, -0.2) is 4.99 Å². The molecule has 1 aliphatic heterocycles. The van der Waals surface area contributed by atoms with Crippen molar-refractivity contribution in [2.24, 2.45) is 4.99 Å². The molecule has 0 aliphatic carbocycles. The van der Waals surface area contributed by atoms with Crippen LogP contribution in [-0.4, -0.2) is 48.4 Å². The van der Waals surface area contributed by atoms with Crippen molar-refractivity contribution < 1.29 is 14.0 Å². The van der Waals surface area contributed by atoms with Gasteiger partial charge < -0.3 is 24.6 Å². The summed E-state index contributed by atoms with van der Waals surface area (Å²) < 4.78 is 17.0. The molecule has 8 heteroatoms. The summed E-state index contributed by atoms with van der Waals surface area (Å²) in [6.07, 6.45) is 1.52. The number of guanidine groups is 1. The van der Waals surface area contributed by atoms with Gasteiger partial charge in [-0.05, 0) is 25.5 Å². The summed E-state index contributed by atoms with van der Waals surface area (Å²) in [5.41, 5.74) is 0. The minimum atomic E-state index is -0.0989. The van der Waals surface area contributed by atoms with E-state index in [1.807, 2.05) is 31.2 Å². The number of hydrogen-bond acceptors (Lipinski definition) is 6. The van der Waals surface area contributed by atoms with Crippen LogP contribution >= 0.6 is 0 Å². The van der Waals surface area contributed by atoms with Crippen molar-refractivity contribution in [2.75, 3.05) is 26.2 Å². The summed E-state index contributed by atoms with van der Waals surface area (Å²) in [7, 11) is 0. The Kier molecular flexibility index (Phi) is 7.11. The van der Waals surface area contributed by atoms with Gasteiger partial charge in [0.25, 0.3) is 0 Å². The number of aromatic nitrogens is 2. The van der Waals surface area contributed by atoms with Crippen LogP contribution in [0.4, 0.5) is 0 Å². The van der Waals surface area contributed by atoms with E-state index >= 15 is 0 Å². The zero-order valence-electron chi connectivity index (χ0n) is 16.8. The van der Waals surface area contributed by atoms with Crippen molar-refractivity contribution in [3.63, 3.8) is 0 Å². The fraction of sp³-hybridized carbons (Fsp3) is 0.550. The van der Waals surface area contributed by atoms with Crippen molar-refractivity contribution in [2.45, 2.75) is 45.6 Å². The molecule has 0 amide bonds. The molecule has 2 heterocycles. The number of rotatable bonds is 8. The smallest absolute Gasteiger partial charge is 0.226 e. The molecule has 1 unspecified atom stereocenters. The van der Waals surface area contributed by atoms with Crippen LogP contribution in [0.2, 0.25) is 0 Å². The van der Waals surface area contributed by atoms with Gasteiger partial charge in [-0.3, -0.25) is 0 Å². The Labute approximate surface area is 165 Å². The molecular weight excluding hydrogens is 358 g/mol. The van der Waals surface area contributed by atoms with Gasteiger partial charge in [-0.15, -0.1) is 0 Å². The van der Waals surface area contributed by atoms with E-state index in [4.69, 9.17) is 14.0 Å². The minimum absolute atomic E-state index is 0.0989. The molecule has 0 bridgehead atoms. The zero-order valence-corrected chi connectivity index (χ0v) is 16.8. The number of nitrogens with zero attached hydrogens (tertiary/aromatic N) is 3. The summed E-state index contributed by atoms with van der Waals surface area (Å²) in [5, 5.41) is 10.6. The summed E-state index contributed by atoms with van der Waals surface area (Å²) in [4.78, 5) is 9.02. The molecule has 1 aliphatic rings. The third-order valence-corrected chi connectivity index (χ3v) is 4.22. The zero-order chi connectivity index (χ0) is 19.8. The Bertz CT molecular complexity index is 775. The van der Waals surface area contributed by atoms with Gasteiger partial charge in [-0.2, -0.15) is 4.98 Å². The largest absolute Gasteiger partial charge is 0.486 e. The first kappa shape index (κ1) is 20.0. The van der Waals surface area contributed by atoms with Gasteiger partial charge in [0.15, 0.2) is 29.4 Å². The monoisotopic (exact) mass is 387 g/mol. The second-order valence-corrected chi connectivity index (χ2v) is 6.95. The second kappa shape index (κ2) is 9.96. The van der Waals surface area contributed by atoms with E-state index in [9.17, 15) is 0 Å². The Morgan fingerprint density at radius 3 is 2.82 bits per heavy atom. The lowest BCUT2D eigenvalue weighted by molar-refractivity contribution is 0.0971. The highest BCUT2D eigenvalue weighted by atomic mass is 16.6. The molecule has 0 fully saturated rings. The Morgan fingerprint density at radius 1 is 1.25 bits per heavy atom. The molecule has 8 nitrogen and oxygen atoms in total. The van der Waals surface area contributed by atoms with Crippen LogP contribution in [0.5, 0.6) is 11.5 Å². The van der Waals surface area contributed by atoms with Crippen LogP contribution in [0.25, 0.3) is 0 Å². The first-order valence-electron chi connectivity index (χ1n) is 9.88. The maximum absolute atomic E-state index is 5.95. The molecule has 0 saturated carbocycles. The Balaban J connectivity index is 1.44. The molecule has 2 N–H and O–H groups in total. The maximum atomic E-state index is 5.95. The number of ether oxygens (including phenoxy) is 2. The first-order valence-corrected chi connectivity index (χ1v) is 9.88. The molecule has 0 spiro atoms. The van der Waals surface area contributed by atoms with Crippen LogP contribution in [0.15, 0.2) is 33.8 Å². The summed E-state index contributed by atoms with van der Waals surface area (Å²) in [6, 6.07) is 7.70. The Hall–Kier alpha value is -2.77. The van der Waals surface area contributed by atoms with Gasteiger partial charge in [-0.1, -0.05) is 31.1 Å². The molecule has 0 saturated heterocycles. The fourth-order valence-corrected chi connectivity index (χ4v) is 2.74. The average molecular weight is 387 g/mol. The van der Waals surface area contributed by atoms with Gasteiger partial charge in [0.05, 0.1) is 6.54 Å². The van der Waals surface area contributed by atoms with Gasteiger partial charge >= 0.3 is 0 Å². The first-order chi connectivity index (χ1) is 13.7. The van der Waals surface area contributed by atoms with Crippen LogP contribution in [0, 0.1) is 0 Å². The molecule has 1 aromatic heterocycles. The van der Waals surface area contributed by atoms with Crippen LogP contribution in [-0.2, 0) is 6.42 Å². The van der Waals surface area contributed by atoms with Crippen molar-refractivity contribution in [1.29, 1.82) is 0 Å². The van der Waals surface area contributed by atoms with Crippen molar-refractivity contribution >= 4 is 5.96 Å². The lowest BCUT2D eigenvalue weighted by Crippen LogP contribution is -2.40. The SMILES string of the molecule is CCNC(=NCC1COc2ccccc2O1)NCCCc1nc(C(C)C)no1. The van der Waals surface area contributed by atoms with Crippen molar-refractivity contribution in [3.8, 4) is 11.5 Å². The van der Waals surface area contributed by atoms with Crippen molar-refractivity contribution in [3.05, 3.63) is 36.0 Å². The van der Waals surface area contributed by atoms with E-state index in [1.54, 1.807) is 0 Å². The number of fused-ring (bicyclic) bond motifs is 1. The highest BCUT2D eigenvalue weighted by Gasteiger charge is 2.20. The van der Waals surface area contributed by atoms with E-state index in [0.29, 0.717) is 19.0 Å². The summed E-state index contributed by atoms with van der Waals surface area (Å²) in [6.45, 7) is 8.71. The van der Waals surface area contributed by atoms with E-state index in [-0.39, 0.29) is 12.0 Å². The third-order valence-electron chi connectivity index (χ3n) is 4.22. The summed E-state index contributed by atoms with van der Waals surface area (Å²) >= 11 is 0. The lowest BCUT2D eigenvalue weighted by atomic mass is 10.2. The normalized spacial score (nSPS) is 16.3. The van der Waals surface area contributed by atoms with E-state index < -0.39 is 0 Å². The molecule has 1 atom stereocenters. The minimum Gasteiger partial charge on any atom is -0.486 e. The Morgan fingerprint density at radius 2 is 2.07 bits per heavy atom. The maximum Gasteiger partial charge on any atom is 0.226 e. The van der Waals surface area contributed by atoms with E-state index in [2.05, 4.69) is 39.6 Å². The third kappa shape index (κ3) is 5.61. The lowest BCUT2D eigenvalue weighted by Gasteiger charge is -2.25. The van der Waals surface area contributed by atoms with Crippen LogP contribution < -0.4 is 20.1 Å².